The monoisotopic (exact) mass is 450 g/mol. The Labute approximate surface area is 193 Å². The number of nitrogens with zero attached hydrogens (tertiary/aromatic N) is 2. The number of hydrogen-bond acceptors (Lipinski definition) is 5. The van der Waals surface area contributed by atoms with E-state index in [0.29, 0.717) is 18.7 Å². The highest BCUT2D eigenvalue weighted by atomic mass is 16.6. The molecule has 0 bridgehead atoms. The molecule has 2 heterocycles. The molecule has 1 amide bonds. The van der Waals surface area contributed by atoms with Gasteiger partial charge in [-0.05, 0) is 50.8 Å². The van der Waals surface area contributed by atoms with Gasteiger partial charge in [-0.15, -0.1) is 0 Å². The van der Waals surface area contributed by atoms with E-state index in [1.165, 1.54) is 0 Å². The molecule has 1 aliphatic rings. The molecule has 1 atom stereocenters. The molecule has 0 saturated carbocycles. The van der Waals surface area contributed by atoms with E-state index < -0.39 is 23.8 Å². The first kappa shape index (κ1) is 22.9. The largest absolute Gasteiger partial charge is 0.445 e. The van der Waals surface area contributed by atoms with Crippen LogP contribution in [0.25, 0.3) is 10.9 Å². The Kier molecular flexibility index (Phi) is 6.42. The van der Waals surface area contributed by atoms with Gasteiger partial charge in [-0.1, -0.05) is 48.5 Å². The molecule has 0 aliphatic carbocycles. The van der Waals surface area contributed by atoms with Crippen molar-refractivity contribution >= 4 is 23.1 Å². The van der Waals surface area contributed by atoms with E-state index in [1.54, 1.807) is 9.47 Å². The Balaban J connectivity index is 1.72. The lowest BCUT2D eigenvalue weighted by Gasteiger charge is -2.36. The second-order valence-electron chi connectivity index (χ2n) is 9.21. The van der Waals surface area contributed by atoms with Crippen LogP contribution in [0.5, 0.6) is 0 Å². The van der Waals surface area contributed by atoms with Gasteiger partial charge in [0.2, 0.25) is 0 Å². The zero-order valence-electron chi connectivity index (χ0n) is 19.3. The van der Waals surface area contributed by atoms with Crippen molar-refractivity contribution in [2.45, 2.75) is 51.9 Å². The highest BCUT2D eigenvalue weighted by Gasteiger charge is 2.38. The number of hydrogen-bond donors (Lipinski definition) is 1. The van der Waals surface area contributed by atoms with E-state index in [-0.39, 0.29) is 19.6 Å². The van der Waals surface area contributed by atoms with E-state index in [1.807, 2.05) is 75.4 Å². The van der Waals surface area contributed by atoms with Crippen molar-refractivity contribution in [3.05, 3.63) is 71.4 Å². The van der Waals surface area contributed by atoms with Crippen molar-refractivity contribution in [2.75, 3.05) is 13.2 Å². The molecule has 0 spiro atoms. The zero-order valence-corrected chi connectivity index (χ0v) is 19.3. The number of carbonyl (C=O) groups is 2. The third kappa shape index (κ3) is 4.73. The van der Waals surface area contributed by atoms with Crippen LogP contribution in [0.1, 0.15) is 50.1 Å². The fraction of sp³-hybridized carbons (Fsp3) is 0.385. The molecule has 0 fully saturated rings. The van der Waals surface area contributed by atoms with Crippen molar-refractivity contribution in [1.82, 2.24) is 9.47 Å². The first-order valence-electron chi connectivity index (χ1n) is 11.2. The molecule has 2 aromatic carbocycles. The molecule has 1 aromatic heterocycles. The Morgan fingerprint density at radius 1 is 1.03 bits per heavy atom. The van der Waals surface area contributed by atoms with Crippen molar-refractivity contribution in [2.24, 2.45) is 0 Å². The number of aliphatic hydroxyl groups excluding tert-OH is 1. The average molecular weight is 451 g/mol. The number of amides is 1. The summed E-state index contributed by atoms with van der Waals surface area (Å²) in [6.07, 6.45) is -0.105. The van der Waals surface area contributed by atoms with E-state index in [2.05, 4.69) is 0 Å². The van der Waals surface area contributed by atoms with Gasteiger partial charge >= 0.3 is 12.2 Å². The van der Waals surface area contributed by atoms with E-state index in [4.69, 9.17) is 9.47 Å². The minimum Gasteiger partial charge on any atom is -0.445 e. The Morgan fingerprint density at radius 2 is 1.73 bits per heavy atom. The van der Waals surface area contributed by atoms with Crippen LogP contribution < -0.4 is 0 Å². The summed E-state index contributed by atoms with van der Waals surface area (Å²) in [5, 5.41) is 10.8. The van der Waals surface area contributed by atoms with Crippen LogP contribution in [0.15, 0.2) is 54.6 Å². The van der Waals surface area contributed by atoms with Crippen molar-refractivity contribution in [3.8, 4) is 0 Å². The number of ether oxygens (including phenoxy) is 2. The maximum absolute atomic E-state index is 13.3. The second kappa shape index (κ2) is 9.27. The Hall–Kier alpha value is -3.32. The zero-order chi connectivity index (χ0) is 23.6. The van der Waals surface area contributed by atoms with Crippen LogP contribution in [0.2, 0.25) is 0 Å². The highest BCUT2D eigenvalue weighted by Crippen LogP contribution is 2.39. The van der Waals surface area contributed by atoms with Crippen LogP contribution in [-0.4, -0.2) is 45.5 Å². The van der Waals surface area contributed by atoms with Gasteiger partial charge < -0.3 is 14.6 Å². The van der Waals surface area contributed by atoms with Gasteiger partial charge in [0.1, 0.15) is 12.2 Å². The van der Waals surface area contributed by atoms with Crippen molar-refractivity contribution < 1.29 is 24.2 Å². The molecule has 0 radical (unpaired) electrons. The first-order valence-corrected chi connectivity index (χ1v) is 11.2. The average Bonchev–Trinajstić information content (AvgIpc) is 3.12. The first-order chi connectivity index (χ1) is 15.8. The van der Waals surface area contributed by atoms with E-state index >= 15 is 0 Å². The van der Waals surface area contributed by atoms with Crippen LogP contribution in [0, 0.1) is 0 Å². The number of para-hydroxylation sites is 1. The van der Waals surface area contributed by atoms with Crippen LogP contribution in [0.3, 0.4) is 0 Å². The van der Waals surface area contributed by atoms with E-state index in [0.717, 1.165) is 22.0 Å². The summed E-state index contributed by atoms with van der Waals surface area (Å²) in [6, 6.07) is 16.6. The number of carbonyl (C=O) groups excluding carboxylic acids is 2. The minimum atomic E-state index is -0.676. The molecule has 33 heavy (non-hydrogen) atoms. The third-order valence-corrected chi connectivity index (χ3v) is 5.73. The molecule has 7 heteroatoms. The number of fused-ring (bicyclic) bond motifs is 3. The second-order valence-corrected chi connectivity index (χ2v) is 9.21. The summed E-state index contributed by atoms with van der Waals surface area (Å²) < 4.78 is 12.9. The third-order valence-electron chi connectivity index (χ3n) is 5.73. The molecule has 3 aromatic rings. The highest BCUT2D eigenvalue weighted by molar-refractivity contribution is 5.94. The molecule has 7 nitrogen and oxygen atoms in total. The van der Waals surface area contributed by atoms with Gasteiger partial charge in [-0.25, -0.2) is 14.2 Å². The predicted molar refractivity (Wildman–Crippen MR) is 125 cm³/mol. The SMILES string of the molecule is CC(C)(C)OC(=O)n1c2c(c3ccccc31)CCN(C(=O)OCc1ccccc1)C2CCO. The fourth-order valence-electron chi connectivity index (χ4n) is 4.41. The molecule has 1 N–H and O–H groups in total. The Morgan fingerprint density at radius 3 is 2.42 bits per heavy atom. The minimum absolute atomic E-state index is 0.136. The quantitative estimate of drug-likeness (QED) is 0.602. The number of aromatic nitrogens is 1. The summed E-state index contributed by atoms with van der Waals surface area (Å²) >= 11 is 0. The lowest BCUT2D eigenvalue weighted by Crippen LogP contribution is -2.42. The smallest absolute Gasteiger partial charge is 0.419 e. The summed E-state index contributed by atoms with van der Waals surface area (Å²) in [6.45, 7) is 5.92. The summed E-state index contributed by atoms with van der Waals surface area (Å²) in [4.78, 5) is 28.0. The molecule has 0 saturated heterocycles. The van der Waals surface area contributed by atoms with Crippen molar-refractivity contribution in [1.29, 1.82) is 0 Å². The number of aliphatic hydroxyl groups is 1. The van der Waals surface area contributed by atoms with Gasteiger partial charge in [-0.2, -0.15) is 0 Å². The van der Waals surface area contributed by atoms with Gasteiger partial charge in [0.05, 0.1) is 17.3 Å². The van der Waals surface area contributed by atoms with Gasteiger partial charge in [0.25, 0.3) is 0 Å². The van der Waals surface area contributed by atoms with Gasteiger partial charge in [0.15, 0.2) is 0 Å². The topological polar surface area (TPSA) is 81.0 Å². The van der Waals surface area contributed by atoms with E-state index in [9.17, 15) is 14.7 Å². The maximum atomic E-state index is 13.3. The molecule has 1 unspecified atom stereocenters. The lowest BCUT2D eigenvalue weighted by atomic mass is 9.95. The van der Waals surface area contributed by atoms with Crippen molar-refractivity contribution in [3.63, 3.8) is 0 Å². The Bertz CT molecular complexity index is 1150. The number of benzene rings is 2. The summed E-state index contributed by atoms with van der Waals surface area (Å²) in [5.74, 6) is 0. The maximum Gasteiger partial charge on any atom is 0.419 e. The molecular weight excluding hydrogens is 420 g/mol. The van der Waals surface area contributed by atoms with Crippen LogP contribution >= 0.6 is 0 Å². The molecule has 4 rings (SSSR count). The van der Waals surface area contributed by atoms with Gasteiger partial charge in [-0.3, -0.25) is 4.90 Å². The number of rotatable bonds is 4. The van der Waals surface area contributed by atoms with Crippen LogP contribution in [0.4, 0.5) is 9.59 Å². The summed E-state index contributed by atoms with van der Waals surface area (Å²) in [5.41, 5.74) is 2.64. The molecular formula is C26H30N2O5. The predicted octanol–water partition coefficient (Wildman–Crippen LogP) is 5.04. The fourth-order valence-corrected chi connectivity index (χ4v) is 4.41. The normalized spacial score (nSPS) is 15.9. The van der Waals surface area contributed by atoms with Gasteiger partial charge in [0, 0.05) is 18.5 Å². The summed E-state index contributed by atoms with van der Waals surface area (Å²) in [7, 11) is 0. The molecule has 1 aliphatic heterocycles. The van der Waals surface area contributed by atoms with Crippen LogP contribution in [-0.2, 0) is 22.5 Å². The molecule has 174 valence electrons. The standard InChI is InChI=1S/C26H30N2O5/c1-26(2,3)33-25(31)28-21-12-8-7-11-19(21)20-13-15-27(22(14-16-29)23(20)28)24(30)32-17-18-9-5-4-6-10-18/h4-12,22,29H,13-17H2,1-3H3. The lowest BCUT2D eigenvalue weighted by molar-refractivity contribution is 0.0494.